The molecule has 0 spiro atoms. The molecule has 3 nitrogen and oxygen atoms in total. The Bertz CT molecular complexity index is 341. The maximum absolute atomic E-state index is 11.6. The molecule has 0 radical (unpaired) electrons. The van der Waals surface area contributed by atoms with Crippen molar-refractivity contribution in [1.29, 1.82) is 0 Å². The van der Waals surface area contributed by atoms with Gasteiger partial charge in [0.15, 0.2) is 0 Å². The normalized spacial score (nSPS) is 12.2. The third-order valence-corrected chi connectivity index (χ3v) is 2.42. The molecule has 82 valence electrons. The van der Waals surface area contributed by atoms with E-state index in [1.54, 1.807) is 12.1 Å². The van der Waals surface area contributed by atoms with Crippen molar-refractivity contribution < 1.29 is 4.79 Å². The molecule has 15 heavy (non-hydrogen) atoms. The Morgan fingerprint density at radius 1 is 1.47 bits per heavy atom. The number of nitrogens with one attached hydrogen (secondary N) is 2. The Kier molecular flexibility index (Phi) is 4.59. The van der Waals surface area contributed by atoms with Crippen LogP contribution in [0.5, 0.6) is 0 Å². The van der Waals surface area contributed by atoms with Gasteiger partial charge in [-0.15, -0.1) is 0 Å². The van der Waals surface area contributed by atoms with E-state index in [1.165, 1.54) is 0 Å². The first-order chi connectivity index (χ1) is 7.15. The highest BCUT2D eigenvalue weighted by Gasteiger charge is 2.12. The van der Waals surface area contributed by atoms with E-state index in [4.69, 9.17) is 11.6 Å². The lowest BCUT2D eigenvalue weighted by molar-refractivity contribution is -0.119. The van der Waals surface area contributed by atoms with Gasteiger partial charge < -0.3 is 10.6 Å². The molecule has 0 saturated carbocycles. The van der Waals surface area contributed by atoms with Crippen LogP contribution in [0, 0.1) is 5.92 Å². The number of para-hydroxylation sites is 1. The number of anilines is 1. The van der Waals surface area contributed by atoms with Crippen LogP contribution in [0.25, 0.3) is 0 Å². The van der Waals surface area contributed by atoms with Crippen molar-refractivity contribution in [2.75, 3.05) is 18.9 Å². The zero-order chi connectivity index (χ0) is 11.3. The van der Waals surface area contributed by atoms with Gasteiger partial charge in [-0.2, -0.15) is 0 Å². The van der Waals surface area contributed by atoms with Crippen molar-refractivity contribution in [3.63, 3.8) is 0 Å². The highest BCUT2D eigenvalue weighted by atomic mass is 35.5. The van der Waals surface area contributed by atoms with E-state index in [-0.39, 0.29) is 11.8 Å². The zero-order valence-corrected chi connectivity index (χ0v) is 9.64. The fraction of sp³-hybridized carbons (Fsp3) is 0.364. The summed E-state index contributed by atoms with van der Waals surface area (Å²) < 4.78 is 0. The number of halogens is 1. The largest absolute Gasteiger partial charge is 0.324 e. The average molecular weight is 227 g/mol. The highest BCUT2D eigenvalue weighted by molar-refractivity contribution is 6.33. The predicted molar refractivity (Wildman–Crippen MR) is 63.2 cm³/mol. The van der Waals surface area contributed by atoms with E-state index < -0.39 is 0 Å². The van der Waals surface area contributed by atoms with Crippen molar-refractivity contribution in [3.05, 3.63) is 29.3 Å². The van der Waals surface area contributed by atoms with E-state index in [1.807, 2.05) is 26.1 Å². The van der Waals surface area contributed by atoms with Crippen molar-refractivity contribution in [2.45, 2.75) is 6.92 Å². The zero-order valence-electron chi connectivity index (χ0n) is 8.88. The van der Waals surface area contributed by atoms with Crippen LogP contribution in [0.15, 0.2) is 24.3 Å². The number of rotatable bonds is 4. The van der Waals surface area contributed by atoms with Crippen molar-refractivity contribution in [2.24, 2.45) is 5.92 Å². The molecule has 1 unspecified atom stereocenters. The first-order valence-electron chi connectivity index (χ1n) is 4.85. The molecule has 4 heteroatoms. The van der Waals surface area contributed by atoms with Crippen LogP contribution < -0.4 is 10.6 Å². The molecule has 1 atom stereocenters. The van der Waals surface area contributed by atoms with Gasteiger partial charge >= 0.3 is 0 Å². The van der Waals surface area contributed by atoms with E-state index in [0.29, 0.717) is 17.3 Å². The summed E-state index contributed by atoms with van der Waals surface area (Å²) in [6.07, 6.45) is 0. The van der Waals surface area contributed by atoms with Gasteiger partial charge in [-0.1, -0.05) is 30.7 Å². The summed E-state index contributed by atoms with van der Waals surface area (Å²) in [5.41, 5.74) is 0.659. The maximum Gasteiger partial charge on any atom is 0.228 e. The summed E-state index contributed by atoms with van der Waals surface area (Å²) in [6, 6.07) is 7.20. The maximum atomic E-state index is 11.6. The molecule has 0 aliphatic rings. The molecule has 0 bridgehead atoms. The minimum Gasteiger partial charge on any atom is -0.324 e. The summed E-state index contributed by atoms with van der Waals surface area (Å²) in [5, 5.41) is 6.30. The van der Waals surface area contributed by atoms with Crippen LogP contribution in [0.2, 0.25) is 5.02 Å². The lowest BCUT2D eigenvalue weighted by Crippen LogP contribution is -2.28. The predicted octanol–water partition coefficient (Wildman–Crippen LogP) is 2.13. The molecule has 0 saturated heterocycles. The van der Waals surface area contributed by atoms with Gasteiger partial charge in [0.2, 0.25) is 5.91 Å². The second-order valence-corrected chi connectivity index (χ2v) is 3.84. The first kappa shape index (κ1) is 12.0. The smallest absolute Gasteiger partial charge is 0.228 e. The van der Waals surface area contributed by atoms with E-state index >= 15 is 0 Å². The van der Waals surface area contributed by atoms with Gasteiger partial charge in [-0.3, -0.25) is 4.79 Å². The van der Waals surface area contributed by atoms with Gasteiger partial charge in [-0.25, -0.2) is 0 Å². The fourth-order valence-corrected chi connectivity index (χ4v) is 1.40. The molecule has 0 aliphatic carbocycles. The molecular formula is C11H15ClN2O. The summed E-state index contributed by atoms with van der Waals surface area (Å²) in [7, 11) is 1.82. The minimum absolute atomic E-state index is 0.0301. The van der Waals surface area contributed by atoms with Crippen LogP contribution in [0.4, 0.5) is 5.69 Å². The summed E-state index contributed by atoms with van der Waals surface area (Å²) in [5.74, 6) is -0.108. The SMILES string of the molecule is CNCC(C)C(=O)Nc1ccccc1Cl. The quantitative estimate of drug-likeness (QED) is 0.826. The number of hydrogen-bond acceptors (Lipinski definition) is 2. The van der Waals surface area contributed by atoms with Crippen LogP contribution in [-0.2, 0) is 4.79 Å². The van der Waals surface area contributed by atoms with Gasteiger partial charge in [0, 0.05) is 12.5 Å². The summed E-state index contributed by atoms with van der Waals surface area (Å²) >= 11 is 5.92. The van der Waals surface area contributed by atoms with E-state index in [9.17, 15) is 4.79 Å². The second kappa shape index (κ2) is 5.73. The molecule has 0 fully saturated rings. The third-order valence-electron chi connectivity index (χ3n) is 2.09. The van der Waals surface area contributed by atoms with Crippen molar-refractivity contribution in [1.82, 2.24) is 5.32 Å². The third kappa shape index (κ3) is 3.53. The highest BCUT2D eigenvalue weighted by Crippen LogP contribution is 2.20. The molecule has 0 aromatic heterocycles. The number of carbonyl (C=O) groups excluding carboxylic acids is 1. The minimum atomic E-state index is -0.0775. The van der Waals surface area contributed by atoms with Crippen LogP contribution >= 0.6 is 11.6 Å². The van der Waals surface area contributed by atoms with Crippen LogP contribution in [0.3, 0.4) is 0 Å². The second-order valence-electron chi connectivity index (χ2n) is 3.43. The molecule has 1 aromatic rings. The molecule has 0 aliphatic heterocycles. The Morgan fingerprint density at radius 3 is 2.73 bits per heavy atom. The molecule has 1 amide bonds. The lowest BCUT2D eigenvalue weighted by atomic mass is 10.1. The Morgan fingerprint density at radius 2 is 2.13 bits per heavy atom. The first-order valence-corrected chi connectivity index (χ1v) is 5.23. The van der Waals surface area contributed by atoms with Crippen LogP contribution in [-0.4, -0.2) is 19.5 Å². The topological polar surface area (TPSA) is 41.1 Å². The van der Waals surface area contributed by atoms with Crippen LogP contribution in [0.1, 0.15) is 6.92 Å². The van der Waals surface area contributed by atoms with Gasteiger partial charge in [0.05, 0.1) is 10.7 Å². The number of carbonyl (C=O) groups is 1. The molecule has 1 rings (SSSR count). The summed E-state index contributed by atoms with van der Waals surface area (Å²) in [6.45, 7) is 2.51. The van der Waals surface area contributed by atoms with E-state index in [2.05, 4.69) is 10.6 Å². The van der Waals surface area contributed by atoms with Crippen molar-refractivity contribution in [3.8, 4) is 0 Å². The number of hydrogen-bond donors (Lipinski definition) is 2. The number of benzene rings is 1. The standard InChI is InChI=1S/C11H15ClN2O/c1-8(7-13-2)11(15)14-10-6-4-3-5-9(10)12/h3-6,8,13H,7H2,1-2H3,(H,14,15). The summed E-state index contributed by atoms with van der Waals surface area (Å²) in [4.78, 5) is 11.6. The number of amides is 1. The van der Waals surface area contributed by atoms with Gasteiger partial charge in [0.25, 0.3) is 0 Å². The molecule has 1 aromatic carbocycles. The molecular weight excluding hydrogens is 212 g/mol. The van der Waals surface area contributed by atoms with Gasteiger partial charge in [0.1, 0.15) is 0 Å². The fourth-order valence-electron chi connectivity index (χ4n) is 1.22. The van der Waals surface area contributed by atoms with Gasteiger partial charge in [-0.05, 0) is 19.2 Å². The monoisotopic (exact) mass is 226 g/mol. The van der Waals surface area contributed by atoms with Crippen molar-refractivity contribution >= 4 is 23.2 Å². The Labute approximate surface area is 94.8 Å². The Balaban J connectivity index is 2.62. The molecule has 0 heterocycles. The average Bonchev–Trinajstić information content (AvgIpc) is 2.21. The molecule has 2 N–H and O–H groups in total. The lowest BCUT2D eigenvalue weighted by Gasteiger charge is -2.12. The van der Waals surface area contributed by atoms with E-state index in [0.717, 1.165) is 0 Å². The Hall–Kier alpha value is -1.06.